The van der Waals surface area contributed by atoms with Crippen LogP contribution in [0.1, 0.15) is 55.2 Å². The van der Waals surface area contributed by atoms with Gasteiger partial charge in [-0.25, -0.2) is 18.4 Å². The fourth-order valence-electron chi connectivity index (χ4n) is 5.55. The summed E-state index contributed by atoms with van der Waals surface area (Å²) in [5.41, 5.74) is 2.93. The number of halogens is 3. The molecule has 1 fully saturated rings. The van der Waals surface area contributed by atoms with Crippen molar-refractivity contribution >= 4 is 27.9 Å². The Morgan fingerprint density at radius 1 is 0.952 bits per heavy atom. The van der Waals surface area contributed by atoms with Crippen LogP contribution in [0, 0.1) is 11.6 Å². The number of piperidine rings is 1. The summed E-state index contributed by atoms with van der Waals surface area (Å²) in [6.07, 6.45) is 3.77. The number of carbonyl (C=O) groups is 2. The van der Waals surface area contributed by atoms with E-state index in [4.69, 9.17) is 29.3 Å². The van der Waals surface area contributed by atoms with Gasteiger partial charge >= 0.3 is 11.9 Å². The lowest BCUT2D eigenvalue weighted by atomic mass is 9.85. The monoisotopic (exact) mass is 645 g/mol. The molecule has 2 N–H and O–H groups in total. The number of nitrogens with zero attached hydrogens (tertiary/aromatic N) is 1. The fourth-order valence-corrected chi connectivity index (χ4v) is 5.96. The summed E-state index contributed by atoms with van der Waals surface area (Å²) in [6.45, 7) is 5.60. The van der Waals surface area contributed by atoms with Gasteiger partial charge in [0, 0.05) is 29.0 Å². The molecule has 3 aromatic carbocycles. The number of fused-ring (bicyclic) bond motifs is 1. The Morgan fingerprint density at radius 3 is 2.02 bits per heavy atom. The lowest BCUT2D eigenvalue weighted by Crippen LogP contribution is -2.53. The van der Waals surface area contributed by atoms with E-state index in [0.717, 1.165) is 72.2 Å². The molecule has 2 heterocycles. The number of hydrogen-bond acceptors (Lipinski definition) is 5. The predicted molar refractivity (Wildman–Crippen MR) is 157 cm³/mol. The highest BCUT2D eigenvalue weighted by Crippen LogP contribution is 2.39. The number of aliphatic carboxylic acids is 2. The molecule has 42 heavy (non-hydrogen) atoms. The van der Waals surface area contributed by atoms with Crippen molar-refractivity contribution in [3.05, 3.63) is 99.5 Å². The first-order valence-electron chi connectivity index (χ1n) is 13.8. The predicted octanol–water partition coefficient (Wildman–Crippen LogP) is 6.63. The van der Waals surface area contributed by atoms with E-state index in [2.05, 4.69) is 33.8 Å². The third-order valence-electron chi connectivity index (χ3n) is 7.98. The molecule has 5 rings (SSSR count). The summed E-state index contributed by atoms with van der Waals surface area (Å²) >= 11 is 3.55. The van der Waals surface area contributed by atoms with Crippen LogP contribution in [0.15, 0.2) is 71.2 Å². The molecule has 224 valence electrons. The molecule has 7 nitrogen and oxygen atoms in total. The maximum absolute atomic E-state index is 13.5. The molecule has 0 aromatic heterocycles. The van der Waals surface area contributed by atoms with Crippen LogP contribution < -0.4 is 4.74 Å². The Kier molecular flexibility index (Phi) is 10.7. The Bertz CT molecular complexity index is 1300. The third kappa shape index (κ3) is 8.14. The normalized spacial score (nSPS) is 17.9. The van der Waals surface area contributed by atoms with Gasteiger partial charge in [-0.05, 0) is 92.7 Å². The molecular formula is C32H34BrF2NO6. The second-order valence-corrected chi connectivity index (χ2v) is 11.5. The SMILES string of the molecule is CC1Oc2ccc(Br)cc2COC12CCN(CCCC(c1ccc(F)cc1)c1ccc(F)cc1)CC2.O=C(O)C(=O)O. The van der Waals surface area contributed by atoms with E-state index in [1.54, 1.807) is 0 Å². The van der Waals surface area contributed by atoms with E-state index in [1.165, 1.54) is 24.3 Å². The summed E-state index contributed by atoms with van der Waals surface area (Å²) < 4.78 is 40.9. The van der Waals surface area contributed by atoms with Crippen molar-refractivity contribution in [3.8, 4) is 5.75 Å². The molecule has 1 saturated heterocycles. The molecule has 0 bridgehead atoms. The highest BCUT2D eigenvalue weighted by Gasteiger charge is 2.43. The first-order chi connectivity index (χ1) is 20.1. The summed E-state index contributed by atoms with van der Waals surface area (Å²) in [5, 5.41) is 14.8. The van der Waals surface area contributed by atoms with E-state index in [1.807, 2.05) is 36.4 Å². The average molecular weight is 647 g/mol. The van der Waals surface area contributed by atoms with Gasteiger partial charge < -0.3 is 24.6 Å². The van der Waals surface area contributed by atoms with Gasteiger partial charge in [0.2, 0.25) is 0 Å². The summed E-state index contributed by atoms with van der Waals surface area (Å²) in [6, 6.07) is 19.5. The van der Waals surface area contributed by atoms with Crippen LogP contribution in [0.25, 0.3) is 0 Å². The molecular weight excluding hydrogens is 612 g/mol. The van der Waals surface area contributed by atoms with Gasteiger partial charge in [-0.1, -0.05) is 40.2 Å². The van der Waals surface area contributed by atoms with E-state index in [9.17, 15) is 8.78 Å². The highest BCUT2D eigenvalue weighted by atomic mass is 79.9. The number of benzene rings is 3. The van der Waals surface area contributed by atoms with Crippen molar-refractivity contribution in [2.45, 2.75) is 56.8 Å². The van der Waals surface area contributed by atoms with Gasteiger partial charge in [0.25, 0.3) is 0 Å². The minimum absolute atomic E-state index is 0.0107. The first kappa shape index (κ1) is 31.6. The van der Waals surface area contributed by atoms with Gasteiger partial charge in [0.1, 0.15) is 29.1 Å². The number of hydrogen-bond donors (Lipinski definition) is 2. The Balaban J connectivity index is 0.000000612. The van der Waals surface area contributed by atoms with Crippen molar-refractivity contribution in [2.24, 2.45) is 0 Å². The van der Waals surface area contributed by atoms with Crippen LogP contribution >= 0.6 is 15.9 Å². The smallest absolute Gasteiger partial charge is 0.414 e. The molecule has 0 amide bonds. The quantitative estimate of drug-likeness (QED) is 0.291. The van der Waals surface area contributed by atoms with Crippen molar-refractivity contribution in [1.29, 1.82) is 0 Å². The Labute approximate surface area is 252 Å². The fraction of sp³-hybridized carbons (Fsp3) is 0.375. The molecule has 10 heteroatoms. The first-order valence-corrected chi connectivity index (χ1v) is 14.6. The van der Waals surface area contributed by atoms with Gasteiger partial charge in [-0.3, -0.25) is 0 Å². The van der Waals surface area contributed by atoms with Crippen LogP contribution in [0.2, 0.25) is 0 Å². The Morgan fingerprint density at radius 2 is 1.50 bits per heavy atom. The molecule has 1 unspecified atom stereocenters. The lowest BCUT2D eigenvalue weighted by molar-refractivity contribution is -0.159. The second kappa shape index (κ2) is 14.2. The number of likely N-dealkylation sites (tertiary alicyclic amines) is 1. The number of carboxylic acid groups (broad SMARTS) is 2. The van der Waals surface area contributed by atoms with Gasteiger partial charge in [0.05, 0.1) is 6.61 Å². The number of ether oxygens (including phenoxy) is 2. The molecule has 0 radical (unpaired) electrons. The molecule has 2 aliphatic rings. The van der Waals surface area contributed by atoms with Gasteiger partial charge in [0.15, 0.2) is 0 Å². The van der Waals surface area contributed by atoms with Crippen molar-refractivity contribution in [2.75, 3.05) is 19.6 Å². The van der Waals surface area contributed by atoms with Crippen molar-refractivity contribution in [3.63, 3.8) is 0 Å². The molecule has 1 spiro atoms. The van der Waals surface area contributed by atoms with Crippen LogP contribution in [0.5, 0.6) is 5.75 Å². The highest BCUT2D eigenvalue weighted by molar-refractivity contribution is 9.10. The minimum atomic E-state index is -1.82. The van der Waals surface area contributed by atoms with E-state index in [0.29, 0.717) is 6.61 Å². The summed E-state index contributed by atoms with van der Waals surface area (Å²) in [5.74, 6) is -3.11. The summed E-state index contributed by atoms with van der Waals surface area (Å²) in [4.78, 5) is 20.7. The third-order valence-corrected chi connectivity index (χ3v) is 8.47. The molecule has 1 atom stereocenters. The summed E-state index contributed by atoms with van der Waals surface area (Å²) in [7, 11) is 0. The largest absolute Gasteiger partial charge is 0.487 e. The zero-order valence-corrected chi connectivity index (χ0v) is 24.9. The minimum Gasteiger partial charge on any atom is -0.487 e. The molecule has 0 aliphatic carbocycles. The lowest BCUT2D eigenvalue weighted by Gasteiger charge is -2.43. The van der Waals surface area contributed by atoms with Crippen LogP contribution in [-0.2, 0) is 20.9 Å². The maximum Gasteiger partial charge on any atom is 0.414 e. The zero-order chi connectivity index (χ0) is 30.3. The standard InChI is InChI=1S/C30H32BrF2NO2.C2H2O4/c1-21-30(35-20-24-19-25(31)8-13-29(24)36-21)14-17-34(18-15-30)16-2-3-28(22-4-9-26(32)10-5-22)23-6-11-27(33)12-7-23;3-1(4)2(5)6/h4-13,19,21,28H,2-3,14-18,20H2,1H3;(H,3,4)(H,5,6). The number of carboxylic acids is 2. The van der Waals surface area contributed by atoms with Crippen molar-refractivity contribution in [1.82, 2.24) is 4.90 Å². The second-order valence-electron chi connectivity index (χ2n) is 10.6. The van der Waals surface area contributed by atoms with E-state index in [-0.39, 0.29) is 29.3 Å². The Hall–Kier alpha value is -3.34. The van der Waals surface area contributed by atoms with Gasteiger partial charge in [-0.15, -0.1) is 0 Å². The van der Waals surface area contributed by atoms with E-state index < -0.39 is 11.9 Å². The number of rotatable bonds is 6. The van der Waals surface area contributed by atoms with Crippen LogP contribution in [0.4, 0.5) is 8.78 Å². The van der Waals surface area contributed by atoms with E-state index >= 15 is 0 Å². The average Bonchev–Trinajstić information content (AvgIpc) is 3.10. The molecule has 2 aliphatic heterocycles. The molecule has 3 aromatic rings. The van der Waals surface area contributed by atoms with Crippen molar-refractivity contribution < 1.29 is 38.1 Å². The van der Waals surface area contributed by atoms with Crippen LogP contribution in [-0.4, -0.2) is 58.4 Å². The maximum atomic E-state index is 13.5. The topological polar surface area (TPSA) is 96.3 Å². The zero-order valence-electron chi connectivity index (χ0n) is 23.3. The van der Waals surface area contributed by atoms with Gasteiger partial charge in [-0.2, -0.15) is 0 Å². The molecule has 0 saturated carbocycles. The van der Waals surface area contributed by atoms with Crippen LogP contribution in [0.3, 0.4) is 0 Å².